The second kappa shape index (κ2) is 10.5. The minimum Gasteiger partial charge on any atom is -0.445 e. The first-order valence-corrected chi connectivity index (χ1v) is 10.3. The van der Waals surface area contributed by atoms with Crippen LogP contribution in [0, 0.1) is 0 Å². The van der Waals surface area contributed by atoms with Gasteiger partial charge in [0.2, 0.25) is 5.78 Å². The number of ether oxygens (including phenoxy) is 1. The van der Waals surface area contributed by atoms with Crippen molar-refractivity contribution in [2.75, 3.05) is 6.54 Å². The van der Waals surface area contributed by atoms with Crippen LogP contribution < -0.4 is 5.32 Å². The molecule has 7 nitrogen and oxygen atoms in total. The molecule has 31 heavy (non-hydrogen) atoms. The molecule has 2 aromatic carbocycles. The molecular weight excluding hydrogens is 396 g/mol. The van der Waals surface area contributed by atoms with Gasteiger partial charge in [-0.1, -0.05) is 60.7 Å². The largest absolute Gasteiger partial charge is 0.445 e. The number of rotatable bonds is 8. The zero-order valence-electron chi connectivity index (χ0n) is 17.5. The van der Waals surface area contributed by atoms with Crippen molar-refractivity contribution in [3.05, 3.63) is 71.8 Å². The molecule has 1 aliphatic heterocycles. The Morgan fingerprint density at radius 3 is 2.23 bits per heavy atom. The monoisotopic (exact) mass is 422 g/mol. The fourth-order valence-electron chi connectivity index (χ4n) is 3.69. The van der Waals surface area contributed by atoms with Crippen molar-refractivity contribution in [3.63, 3.8) is 0 Å². The number of benzene rings is 2. The van der Waals surface area contributed by atoms with Crippen LogP contribution in [0.3, 0.4) is 0 Å². The van der Waals surface area contributed by atoms with Crippen molar-refractivity contribution in [2.45, 2.75) is 44.9 Å². The van der Waals surface area contributed by atoms with Gasteiger partial charge in [0.15, 0.2) is 5.78 Å². The first-order chi connectivity index (χ1) is 15.0. The third-order valence-corrected chi connectivity index (χ3v) is 5.30. The molecule has 0 bridgehead atoms. The molecule has 3 rings (SSSR count). The molecule has 2 aromatic rings. The quantitative estimate of drug-likeness (QED) is 0.661. The summed E-state index contributed by atoms with van der Waals surface area (Å²) in [6.07, 6.45) is 0.573. The third-order valence-electron chi connectivity index (χ3n) is 5.30. The molecule has 1 heterocycles. The van der Waals surface area contributed by atoms with Gasteiger partial charge in [0.25, 0.3) is 5.91 Å². The Hall–Kier alpha value is -3.48. The molecule has 1 N–H and O–H groups in total. The Bertz CT molecular complexity index is 930. The Balaban J connectivity index is 1.70. The van der Waals surface area contributed by atoms with Crippen LogP contribution in [0.5, 0.6) is 0 Å². The number of amides is 2. The van der Waals surface area contributed by atoms with E-state index >= 15 is 0 Å². The highest BCUT2D eigenvalue weighted by atomic mass is 16.5. The smallest absolute Gasteiger partial charge is 0.408 e. The predicted octanol–water partition coefficient (Wildman–Crippen LogP) is 2.67. The van der Waals surface area contributed by atoms with E-state index in [0.29, 0.717) is 19.4 Å². The van der Waals surface area contributed by atoms with Gasteiger partial charge in [0.05, 0.1) is 6.04 Å². The zero-order chi connectivity index (χ0) is 22.2. The summed E-state index contributed by atoms with van der Waals surface area (Å²) in [5, 5.41) is 2.54. The van der Waals surface area contributed by atoms with E-state index in [4.69, 9.17) is 4.74 Å². The van der Waals surface area contributed by atoms with Gasteiger partial charge < -0.3 is 15.0 Å². The average Bonchev–Trinajstić information content (AvgIpc) is 3.28. The Kier molecular flexibility index (Phi) is 7.54. The lowest BCUT2D eigenvalue weighted by Crippen LogP contribution is -2.52. The SMILES string of the molecule is CC(=O)[C@@H]1CCCN1C(=O)C(=O)C(Cc1ccccc1)NC(=O)OCc1ccccc1. The Morgan fingerprint density at radius 2 is 1.61 bits per heavy atom. The van der Waals surface area contributed by atoms with Gasteiger partial charge in [0, 0.05) is 13.0 Å². The summed E-state index contributed by atoms with van der Waals surface area (Å²) in [5.41, 5.74) is 1.60. The normalized spacial score (nSPS) is 16.4. The standard InChI is InChI=1S/C24H26N2O5/c1-17(27)21-13-8-14-26(21)23(29)22(28)20(15-18-9-4-2-5-10-18)25-24(30)31-16-19-11-6-3-7-12-19/h2-7,9-12,20-21H,8,13-16H2,1H3,(H,25,30)/t20?,21-/m0/s1. The average molecular weight is 422 g/mol. The molecule has 0 aromatic heterocycles. The van der Waals surface area contributed by atoms with Gasteiger partial charge >= 0.3 is 6.09 Å². The summed E-state index contributed by atoms with van der Waals surface area (Å²) in [5.74, 6) is -1.65. The van der Waals surface area contributed by atoms with E-state index in [9.17, 15) is 19.2 Å². The molecule has 162 valence electrons. The summed E-state index contributed by atoms with van der Waals surface area (Å²) >= 11 is 0. The van der Waals surface area contributed by atoms with Crippen LogP contribution in [0.2, 0.25) is 0 Å². The number of hydrogen-bond donors (Lipinski definition) is 1. The van der Waals surface area contributed by atoms with Gasteiger partial charge in [-0.05, 0) is 30.9 Å². The number of Topliss-reactive ketones (excluding diaryl/α,β-unsaturated/α-hetero) is 2. The molecule has 0 aliphatic carbocycles. The van der Waals surface area contributed by atoms with Crippen LogP contribution in [-0.4, -0.2) is 47.1 Å². The number of nitrogens with zero attached hydrogens (tertiary/aromatic N) is 1. The molecule has 2 amide bonds. The highest BCUT2D eigenvalue weighted by molar-refractivity contribution is 6.38. The van der Waals surface area contributed by atoms with Crippen molar-refractivity contribution in [2.24, 2.45) is 0 Å². The number of carbonyl (C=O) groups excluding carboxylic acids is 4. The maximum Gasteiger partial charge on any atom is 0.408 e. The van der Waals surface area contributed by atoms with Crippen LogP contribution in [0.15, 0.2) is 60.7 Å². The van der Waals surface area contributed by atoms with E-state index in [0.717, 1.165) is 11.1 Å². The van der Waals surface area contributed by atoms with E-state index in [1.54, 1.807) is 0 Å². The number of nitrogens with one attached hydrogen (secondary N) is 1. The first kappa shape index (κ1) is 22.2. The van der Waals surface area contributed by atoms with Gasteiger partial charge in [0.1, 0.15) is 12.6 Å². The van der Waals surface area contributed by atoms with Crippen LogP contribution >= 0.6 is 0 Å². The lowest BCUT2D eigenvalue weighted by atomic mass is 10.0. The molecule has 0 spiro atoms. The highest BCUT2D eigenvalue weighted by Crippen LogP contribution is 2.19. The molecule has 2 atom stereocenters. The summed E-state index contributed by atoms with van der Waals surface area (Å²) in [6.45, 7) is 1.82. The molecule has 1 saturated heterocycles. The number of ketones is 2. The number of carbonyl (C=O) groups is 4. The zero-order valence-corrected chi connectivity index (χ0v) is 17.5. The van der Waals surface area contributed by atoms with Crippen molar-refractivity contribution in [1.29, 1.82) is 0 Å². The number of alkyl carbamates (subject to hydrolysis) is 1. The summed E-state index contributed by atoms with van der Waals surface area (Å²) in [7, 11) is 0. The number of likely N-dealkylation sites (tertiary alicyclic amines) is 1. The lowest BCUT2D eigenvalue weighted by molar-refractivity contribution is -0.147. The van der Waals surface area contributed by atoms with Gasteiger partial charge in [-0.15, -0.1) is 0 Å². The maximum absolute atomic E-state index is 13.0. The second-order valence-electron chi connectivity index (χ2n) is 7.58. The van der Waals surface area contributed by atoms with E-state index in [2.05, 4.69) is 5.32 Å². The molecule has 0 saturated carbocycles. The van der Waals surface area contributed by atoms with Crippen LogP contribution in [0.25, 0.3) is 0 Å². The van der Waals surface area contributed by atoms with E-state index < -0.39 is 29.9 Å². The molecule has 1 aliphatic rings. The van der Waals surface area contributed by atoms with Gasteiger partial charge in [-0.2, -0.15) is 0 Å². The Labute approximate surface area is 181 Å². The van der Waals surface area contributed by atoms with Gasteiger partial charge in [-0.3, -0.25) is 14.4 Å². The lowest BCUT2D eigenvalue weighted by Gasteiger charge is -2.24. The van der Waals surface area contributed by atoms with E-state index in [1.807, 2.05) is 60.7 Å². The fraction of sp³-hybridized carbons (Fsp3) is 0.333. The van der Waals surface area contributed by atoms with Crippen molar-refractivity contribution >= 4 is 23.6 Å². The van der Waals surface area contributed by atoms with Crippen LogP contribution in [-0.2, 0) is 32.1 Å². The predicted molar refractivity (Wildman–Crippen MR) is 114 cm³/mol. The molecular formula is C24H26N2O5. The topological polar surface area (TPSA) is 92.8 Å². The molecule has 7 heteroatoms. The summed E-state index contributed by atoms with van der Waals surface area (Å²) in [6, 6.07) is 16.6. The minimum atomic E-state index is -1.09. The van der Waals surface area contributed by atoms with Crippen LogP contribution in [0.4, 0.5) is 4.79 Å². The highest BCUT2D eigenvalue weighted by Gasteiger charge is 2.38. The molecule has 1 unspecified atom stereocenters. The first-order valence-electron chi connectivity index (χ1n) is 10.3. The summed E-state index contributed by atoms with van der Waals surface area (Å²) in [4.78, 5) is 51.5. The Morgan fingerprint density at radius 1 is 1.00 bits per heavy atom. The van der Waals surface area contributed by atoms with Gasteiger partial charge in [-0.25, -0.2) is 4.79 Å². The molecule has 0 radical (unpaired) electrons. The fourth-order valence-corrected chi connectivity index (χ4v) is 3.69. The molecule has 1 fully saturated rings. The van der Waals surface area contributed by atoms with E-state index in [-0.39, 0.29) is 18.8 Å². The van der Waals surface area contributed by atoms with Crippen molar-refractivity contribution in [3.8, 4) is 0 Å². The second-order valence-corrected chi connectivity index (χ2v) is 7.58. The minimum absolute atomic E-state index is 0.0470. The van der Waals surface area contributed by atoms with Crippen molar-refractivity contribution < 1.29 is 23.9 Å². The number of hydrogen-bond acceptors (Lipinski definition) is 5. The summed E-state index contributed by atoms with van der Waals surface area (Å²) < 4.78 is 5.23. The maximum atomic E-state index is 13.0. The third kappa shape index (κ3) is 6.01. The van der Waals surface area contributed by atoms with Crippen molar-refractivity contribution in [1.82, 2.24) is 10.2 Å². The van der Waals surface area contributed by atoms with E-state index in [1.165, 1.54) is 11.8 Å². The van der Waals surface area contributed by atoms with Crippen LogP contribution in [0.1, 0.15) is 30.9 Å².